The number of aliphatic hydroxyl groups is 1. The number of sulfone groups is 1. The van der Waals surface area contributed by atoms with Crippen LogP contribution in [0.25, 0.3) is 21.5 Å². The van der Waals surface area contributed by atoms with Crippen molar-refractivity contribution in [3.05, 3.63) is 89.1 Å². The fourth-order valence-electron chi connectivity index (χ4n) is 3.88. The molecule has 0 fully saturated rings. The molecule has 3 heterocycles. The number of hydrogen-bond donors (Lipinski definition) is 1. The summed E-state index contributed by atoms with van der Waals surface area (Å²) in [5.74, 6) is -0.662. The monoisotopic (exact) mass is 514 g/mol. The highest BCUT2D eigenvalue weighted by Crippen LogP contribution is 2.24. The van der Waals surface area contributed by atoms with E-state index in [9.17, 15) is 37.9 Å². The van der Waals surface area contributed by atoms with Gasteiger partial charge in [-0.3, -0.25) is 32.9 Å². The molecule has 184 valence electrons. The molecule has 0 aliphatic rings. The summed E-state index contributed by atoms with van der Waals surface area (Å²) in [6, 6.07) is 9.25. The van der Waals surface area contributed by atoms with Crippen LogP contribution in [0, 0.1) is 5.21 Å². The zero-order valence-electron chi connectivity index (χ0n) is 18.0. The molecule has 5 aromatic rings. The zero-order chi connectivity index (χ0) is 25.8. The molecule has 2 aromatic carbocycles. The Labute approximate surface area is 198 Å². The van der Waals surface area contributed by atoms with Crippen LogP contribution in [0.5, 0.6) is 5.88 Å². The molecule has 0 atom stereocenters. The van der Waals surface area contributed by atoms with Crippen LogP contribution in [-0.4, -0.2) is 34.4 Å². The van der Waals surface area contributed by atoms with E-state index >= 15 is 0 Å². The van der Waals surface area contributed by atoms with Crippen molar-refractivity contribution in [3.63, 3.8) is 0 Å². The highest BCUT2D eigenvalue weighted by molar-refractivity contribution is 7.91. The summed E-state index contributed by atoms with van der Waals surface area (Å²) in [7, 11) is -4.36. The number of aliphatic hydroxyl groups excluding tert-OH is 1. The van der Waals surface area contributed by atoms with E-state index in [-0.39, 0.29) is 37.9 Å². The van der Waals surface area contributed by atoms with Gasteiger partial charge in [-0.05, 0) is 29.2 Å². The van der Waals surface area contributed by atoms with E-state index in [1.165, 1.54) is 24.3 Å². The van der Waals surface area contributed by atoms with Gasteiger partial charge in [-0.15, -0.1) is 0 Å². The van der Waals surface area contributed by atoms with Gasteiger partial charge in [-0.1, -0.05) is 18.2 Å². The Hall–Kier alpha value is -4.63. The van der Waals surface area contributed by atoms with Crippen LogP contribution in [-0.2, 0) is 23.1 Å². The molecule has 0 aliphatic carbocycles. The number of fused-ring (bicyclic) bond motifs is 2. The number of hydrogen-bond acceptors (Lipinski definition) is 11. The van der Waals surface area contributed by atoms with Crippen molar-refractivity contribution < 1.29 is 27.8 Å². The van der Waals surface area contributed by atoms with Crippen molar-refractivity contribution in [2.75, 3.05) is 6.61 Å². The quantitative estimate of drug-likeness (QED) is 0.246. The molecule has 0 amide bonds. The Morgan fingerprint density at radius 2 is 1.44 bits per heavy atom. The van der Waals surface area contributed by atoms with Gasteiger partial charge < -0.3 is 15.1 Å². The van der Waals surface area contributed by atoms with Crippen LogP contribution in [0.1, 0.15) is 0 Å². The normalized spacial score (nSPS) is 12.0. The summed E-state index contributed by atoms with van der Waals surface area (Å²) in [6.07, 6.45) is 0. The van der Waals surface area contributed by atoms with Gasteiger partial charge in [0.15, 0.2) is 0 Å². The minimum Gasteiger partial charge on any atom is -0.453 e. The molecular formula is C21H14N4O10S. The van der Waals surface area contributed by atoms with Crippen molar-refractivity contribution in [2.24, 2.45) is 0 Å². The van der Waals surface area contributed by atoms with Gasteiger partial charge in [0.2, 0.25) is 0 Å². The molecule has 14 nitrogen and oxygen atoms in total. The maximum atomic E-state index is 12.8. The molecule has 0 saturated carbocycles. The van der Waals surface area contributed by atoms with Crippen LogP contribution in [0.2, 0.25) is 0 Å². The molecular weight excluding hydrogens is 500 g/mol. The van der Waals surface area contributed by atoms with Crippen LogP contribution in [0.3, 0.4) is 0 Å². The van der Waals surface area contributed by atoms with E-state index in [1.807, 2.05) is 0 Å². The number of benzene rings is 2. The Morgan fingerprint density at radius 3 is 1.97 bits per heavy atom. The third kappa shape index (κ3) is 3.32. The number of aromatic nitrogens is 4. The second kappa shape index (κ2) is 8.24. The van der Waals surface area contributed by atoms with Crippen LogP contribution < -0.4 is 31.9 Å². The molecule has 0 saturated heterocycles. The van der Waals surface area contributed by atoms with Gasteiger partial charge in [0, 0.05) is 0 Å². The van der Waals surface area contributed by atoms with E-state index in [1.54, 1.807) is 6.07 Å². The fourth-order valence-corrected chi connectivity index (χ4v) is 5.17. The summed E-state index contributed by atoms with van der Waals surface area (Å²) in [6.45, 7) is -1.68. The Balaban J connectivity index is 1.47. The molecule has 3 aromatic heterocycles. The van der Waals surface area contributed by atoms with Crippen LogP contribution in [0.15, 0.2) is 76.2 Å². The lowest BCUT2D eigenvalue weighted by Gasteiger charge is -2.03. The lowest BCUT2D eigenvalue weighted by molar-refractivity contribution is -0.832. The molecule has 15 heteroatoms. The molecule has 0 bridgehead atoms. The molecule has 0 radical (unpaired) electrons. The average molecular weight is 514 g/mol. The van der Waals surface area contributed by atoms with E-state index < -0.39 is 56.3 Å². The second-order valence-electron chi connectivity index (χ2n) is 7.59. The molecule has 5 rings (SSSR count). The zero-order valence-corrected chi connectivity index (χ0v) is 18.8. The average Bonchev–Trinajstić information content (AvgIpc) is 3.44. The van der Waals surface area contributed by atoms with Gasteiger partial charge in [0.1, 0.15) is 13.3 Å². The summed E-state index contributed by atoms with van der Waals surface area (Å²) < 4.78 is 36.6. The largest absolute Gasteiger partial charge is 0.453 e. The first-order chi connectivity index (χ1) is 17.2. The minimum atomic E-state index is -4.36. The van der Waals surface area contributed by atoms with Crippen LogP contribution in [0.4, 0.5) is 0 Å². The van der Waals surface area contributed by atoms with E-state index in [0.717, 1.165) is 16.7 Å². The van der Waals surface area contributed by atoms with Crippen molar-refractivity contribution in [2.45, 2.75) is 23.2 Å². The van der Waals surface area contributed by atoms with Crippen molar-refractivity contribution in [3.8, 4) is 5.88 Å². The molecule has 0 spiro atoms. The highest BCUT2D eigenvalue weighted by atomic mass is 32.2. The SMILES string of the molecule is O=c1c2cc3c(=O)n(CCOc4no[n+]([O-])c4S(=O)(=O)c4ccccc4)c(=O)c3cc2c(=O)n1CO. The Bertz CT molecular complexity index is 1880. The molecule has 36 heavy (non-hydrogen) atoms. The van der Waals surface area contributed by atoms with Crippen molar-refractivity contribution >= 4 is 31.4 Å². The standard InChI is InChI=1S/C21H14N4O10S/c26-10-24-19(29)14-8-12-13(9-15(14)20(24)30)18(28)23(17(12)27)6-7-34-16-21(25(31)35-22-16)36(32,33)11-4-2-1-3-5-11/h1-5,8-9,26H,6-7,10H2. The number of ether oxygens (including phenoxy) is 1. The maximum absolute atomic E-state index is 12.8. The first-order valence-electron chi connectivity index (χ1n) is 10.2. The third-order valence-corrected chi connectivity index (χ3v) is 7.34. The highest BCUT2D eigenvalue weighted by Gasteiger charge is 2.35. The second-order valence-corrected chi connectivity index (χ2v) is 9.46. The molecule has 0 unspecified atom stereocenters. The summed E-state index contributed by atoms with van der Waals surface area (Å²) >= 11 is 0. The van der Waals surface area contributed by atoms with Gasteiger partial charge >= 0.3 is 10.9 Å². The molecule has 1 N–H and O–H groups in total. The first-order valence-corrected chi connectivity index (χ1v) is 11.7. The lowest BCUT2D eigenvalue weighted by Crippen LogP contribution is -2.31. The lowest BCUT2D eigenvalue weighted by atomic mass is 10.1. The number of nitrogens with zero attached hydrogens (tertiary/aromatic N) is 4. The van der Waals surface area contributed by atoms with Crippen molar-refractivity contribution in [1.82, 2.24) is 14.3 Å². The predicted octanol–water partition coefficient (Wildman–Crippen LogP) is -1.60. The van der Waals surface area contributed by atoms with Gasteiger partial charge in [-0.25, -0.2) is 8.42 Å². The maximum Gasteiger partial charge on any atom is 0.415 e. The Kier molecular flexibility index (Phi) is 5.30. The third-order valence-electron chi connectivity index (χ3n) is 5.61. The predicted molar refractivity (Wildman–Crippen MR) is 120 cm³/mol. The minimum absolute atomic E-state index is 0.120. The topological polar surface area (TPSA) is 195 Å². The van der Waals surface area contributed by atoms with E-state index in [4.69, 9.17) is 4.74 Å². The van der Waals surface area contributed by atoms with E-state index in [2.05, 4.69) is 9.79 Å². The summed E-state index contributed by atoms with van der Waals surface area (Å²) in [5.41, 5.74) is -3.15. The van der Waals surface area contributed by atoms with Crippen molar-refractivity contribution in [1.29, 1.82) is 0 Å². The Morgan fingerprint density at radius 1 is 0.917 bits per heavy atom. The van der Waals surface area contributed by atoms with Gasteiger partial charge in [-0.2, -0.15) is 0 Å². The van der Waals surface area contributed by atoms with Crippen LogP contribution >= 0.6 is 0 Å². The number of rotatable bonds is 7. The fraction of sp³-hybridized carbons (Fsp3) is 0.143. The van der Waals surface area contributed by atoms with E-state index in [0.29, 0.717) is 4.57 Å². The first kappa shape index (κ1) is 23.1. The van der Waals surface area contributed by atoms with Gasteiger partial charge in [0.05, 0.1) is 38.1 Å². The van der Waals surface area contributed by atoms with Gasteiger partial charge in [0.25, 0.3) is 32.1 Å². The smallest absolute Gasteiger partial charge is 0.415 e. The summed E-state index contributed by atoms with van der Waals surface area (Å²) in [4.78, 5) is 49.6. The molecule has 0 aliphatic heterocycles. The summed E-state index contributed by atoms with van der Waals surface area (Å²) in [5, 5.41) is 23.1.